The van der Waals surface area contributed by atoms with Crippen molar-refractivity contribution >= 4 is 17.2 Å². The van der Waals surface area contributed by atoms with Gasteiger partial charge in [-0.1, -0.05) is 47.7 Å². The van der Waals surface area contributed by atoms with Crippen LogP contribution in [0.15, 0.2) is 59.5 Å². The van der Waals surface area contributed by atoms with Crippen molar-refractivity contribution in [3.05, 3.63) is 98.4 Å². The molecule has 4 heterocycles. The van der Waals surface area contributed by atoms with Crippen LogP contribution in [0.5, 0.6) is 5.75 Å². The number of fused-ring (bicyclic) bond motifs is 3. The number of hydrogen-bond donors (Lipinski definition) is 1. The Morgan fingerprint density at radius 1 is 1.11 bits per heavy atom. The van der Waals surface area contributed by atoms with E-state index in [4.69, 9.17) is 9.47 Å². The largest absolute Gasteiger partial charge is 0.483 e. The molecule has 0 bridgehead atoms. The van der Waals surface area contributed by atoms with Gasteiger partial charge >= 0.3 is 0 Å². The molecule has 11 heteroatoms. The predicted octanol–water partition coefficient (Wildman–Crippen LogP) is 3.50. The van der Waals surface area contributed by atoms with Crippen LogP contribution in [0.1, 0.15) is 32.7 Å². The van der Waals surface area contributed by atoms with Crippen molar-refractivity contribution in [1.29, 1.82) is 0 Å². The monoisotopic (exact) mass is 522 g/mol. The molecule has 1 N–H and O–H groups in total. The molecule has 1 amide bonds. The fourth-order valence-corrected chi connectivity index (χ4v) is 5.43. The van der Waals surface area contributed by atoms with Crippen LogP contribution in [0.4, 0.5) is 8.78 Å². The molecule has 0 spiro atoms. The molecular formula is C26H20F2N4O4S. The molecule has 8 nitrogen and oxygen atoms in total. The van der Waals surface area contributed by atoms with Crippen LogP contribution in [-0.2, 0) is 17.8 Å². The van der Waals surface area contributed by atoms with Gasteiger partial charge in [0, 0.05) is 18.7 Å². The van der Waals surface area contributed by atoms with Crippen molar-refractivity contribution in [1.82, 2.24) is 20.1 Å². The van der Waals surface area contributed by atoms with E-state index in [9.17, 15) is 18.4 Å². The summed E-state index contributed by atoms with van der Waals surface area (Å²) in [6.45, 7) is 0.822. The Bertz CT molecular complexity index is 1560. The molecule has 37 heavy (non-hydrogen) atoms. The topological polar surface area (TPSA) is 95.3 Å². The first-order valence-corrected chi connectivity index (χ1v) is 12.4. The highest BCUT2D eigenvalue weighted by atomic mass is 32.1. The van der Waals surface area contributed by atoms with Crippen molar-refractivity contribution in [3.8, 4) is 16.3 Å². The highest BCUT2D eigenvalue weighted by Crippen LogP contribution is 2.33. The molecule has 2 aliphatic rings. The van der Waals surface area contributed by atoms with Crippen LogP contribution in [0.3, 0.4) is 0 Å². The Morgan fingerprint density at radius 3 is 2.76 bits per heavy atom. The number of carbonyl (C=O) groups is 1. The van der Waals surface area contributed by atoms with Crippen molar-refractivity contribution in [2.45, 2.75) is 25.1 Å². The smallest absolute Gasteiger partial charge is 0.272 e. The normalized spacial score (nSPS) is 18.3. The summed E-state index contributed by atoms with van der Waals surface area (Å²) in [7, 11) is 0. The van der Waals surface area contributed by atoms with Gasteiger partial charge in [-0.2, -0.15) is 0 Å². The quantitative estimate of drug-likeness (QED) is 0.417. The van der Waals surface area contributed by atoms with E-state index in [2.05, 4.69) is 15.5 Å². The molecule has 188 valence electrons. The summed E-state index contributed by atoms with van der Waals surface area (Å²) in [6, 6.07) is 12.2. The second-order valence-corrected chi connectivity index (χ2v) is 9.89. The van der Waals surface area contributed by atoms with Gasteiger partial charge in [-0.15, -0.1) is 10.2 Å². The zero-order valence-electron chi connectivity index (χ0n) is 19.3. The molecule has 2 aromatic heterocycles. The summed E-state index contributed by atoms with van der Waals surface area (Å²) < 4.78 is 40.7. The number of nitrogens with one attached hydrogen (secondary N) is 1. The molecule has 1 saturated heterocycles. The Hall–Kier alpha value is -3.96. The molecule has 6 rings (SSSR count). The number of halogens is 2. The number of amides is 1. The third-order valence-electron chi connectivity index (χ3n) is 6.41. The summed E-state index contributed by atoms with van der Waals surface area (Å²) in [6.07, 6.45) is 1.69. The van der Waals surface area contributed by atoms with Gasteiger partial charge in [0.05, 0.1) is 30.9 Å². The number of benzene rings is 2. The van der Waals surface area contributed by atoms with E-state index in [1.165, 1.54) is 12.1 Å². The number of pyridine rings is 1. The van der Waals surface area contributed by atoms with Gasteiger partial charge in [-0.05, 0) is 17.2 Å². The maximum atomic E-state index is 14.2. The molecule has 0 radical (unpaired) electrons. The first-order chi connectivity index (χ1) is 18.0. The van der Waals surface area contributed by atoms with E-state index in [-0.39, 0.29) is 47.7 Å². The zero-order valence-corrected chi connectivity index (χ0v) is 20.1. The van der Waals surface area contributed by atoms with Crippen LogP contribution >= 0.6 is 11.3 Å². The summed E-state index contributed by atoms with van der Waals surface area (Å²) in [5.41, 5.74) is 0.958. The number of ether oxygens (including phenoxy) is 2. The first-order valence-electron chi connectivity index (χ1n) is 11.6. The lowest BCUT2D eigenvalue weighted by Crippen LogP contribution is -2.48. The van der Waals surface area contributed by atoms with E-state index in [1.807, 2.05) is 30.3 Å². The van der Waals surface area contributed by atoms with Gasteiger partial charge in [0.15, 0.2) is 16.5 Å². The van der Waals surface area contributed by atoms with Crippen LogP contribution in [0.25, 0.3) is 10.6 Å². The summed E-state index contributed by atoms with van der Waals surface area (Å²) in [5, 5.41) is 12.0. The molecule has 0 unspecified atom stereocenters. The second kappa shape index (κ2) is 9.49. The van der Waals surface area contributed by atoms with Crippen molar-refractivity contribution in [2.75, 3.05) is 13.2 Å². The maximum Gasteiger partial charge on any atom is 0.272 e. The highest BCUT2D eigenvalue weighted by molar-refractivity contribution is 7.14. The lowest BCUT2D eigenvalue weighted by Gasteiger charge is -2.31. The van der Waals surface area contributed by atoms with Gasteiger partial charge in [-0.3, -0.25) is 9.59 Å². The summed E-state index contributed by atoms with van der Waals surface area (Å²) in [4.78, 5) is 26.7. The third kappa shape index (κ3) is 4.40. The van der Waals surface area contributed by atoms with Gasteiger partial charge in [-0.25, -0.2) is 8.78 Å². The number of aromatic nitrogens is 3. The lowest BCUT2D eigenvalue weighted by molar-refractivity contribution is 0.0883. The number of rotatable bonds is 6. The number of nitrogens with zero attached hydrogens (tertiary/aromatic N) is 3. The number of carbonyl (C=O) groups excluding carboxylic acids is 1. The van der Waals surface area contributed by atoms with Crippen LogP contribution in [0, 0.1) is 11.6 Å². The molecule has 0 aliphatic carbocycles. The van der Waals surface area contributed by atoms with Crippen LogP contribution in [0.2, 0.25) is 0 Å². The third-order valence-corrected chi connectivity index (χ3v) is 7.37. The van der Waals surface area contributed by atoms with E-state index >= 15 is 0 Å². The van der Waals surface area contributed by atoms with Gasteiger partial charge in [0.25, 0.3) is 5.91 Å². The minimum absolute atomic E-state index is 0.0782. The maximum absolute atomic E-state index is 14.2. The summed E-state index contributed by atoms with van der Waals surface area (Å²) in [5.74, 6) is -1.84. The molecule has 1 fully saturated rings. The molecular weight excluding hydrogens is 502 g/mol. The molecule has 0 saturated carbocycles. The summed E-state index contributed by atoms with van der Waals surface area (Å²) >= 11 is 1.12. The van der Waals surface area contributed by atoms with Crippen molar-refractivity contribution in [2.24, 2.45) is 0 Å². The molecule has 2 atom stereocenters. The zero-order chi connectivity index (χ0) is 25.5. The van der Waals surface area contributed by atoms with E-state index in [0.717, 1.165) is 23.0 Å². The molecule has 4 aromatic rings. The van der Waals surface area contributed by atoms with Gasteiger partial charge in [0.1, 0.15) is 23.2 Å². The Labute approximate surface area is 213 Å². The van der Waals surface area contributed by atoms with Gasteiger partial charge < -0.3 is 19.4 Å². The Kier molecular flexibility index (Phi) is 6.01. The van der Waals surface area contributed by atoms with E-state index in [0.29, 0.717) is 23.2 Å². The Morgan fingerprint density at radius 2 is 1.95 bits per heavy atom. The van der Waals surface area contributed by atoms with Gasteiger partial charge in [0.2, 0.25) is 5.43 Å². The average Bonchev–Trinajstić information content (AvgIpc) is 3.55. The minimum Gasteiger partial charge on any atom is -0.483 e. The Balaban J connectivity index is 1.41. The molecule has 2 aliphatic heterocycles. The standard InChI is InChI=1S/C26H20F2N4O4S/c27-16-7-6-15(18(28)9-16)8-21-30-31-26(37-21)17-10-32-20-13-35-12-19(20)29-25(34)22(32)24(23(17)33)36-11-14-4-2-1-3-5-14/h1-7,9-10,19-20H,8,11-13H2,(H,29,34)/t19-,20+/m0/s1. The minimum atomic E-state index is -0.680. The van der Waals surface area contributed by atoms with Crippen LogP contribution < -0.4 is 15.5 Å². The predicted molar refractivity (Wildman–Crippen MR) is 131 cm³/mol. The van der Waals surface area contributed by atoms with Crippen molar-refractivity contribution < 1.29 is 23.0 Å². The lowest BCUT2D eigenvalue weighted by atomic mass is 10.0. The SMILES string of the molecule is O=C1N[C@H]2COC[C@H]2n2cc(-c3nnc(Cc4ccc(F)cc4F)s3)c(=O)c(OCc3ccccc3)c21. The average molecular weight is 523 g/mol. The van der Waals surface area contributed by atoms with Crippen molar-refractivity contribution in [3.63, 3.8) is 0 Å². The van der Waals surface area contributed by atoms with E-state index < -0.39 is 23.0 Å². The molecule has 2 aromatic carbocycles. The second-order valence-electron chi connectivity index (χ2n) is 8.83. The van der Waals surface area contributed by atoms with Crippen LogP contribution in [-0.4, -0.2) is 39.9 Å². The number of hydrogen-bond acceptors (Lipinski definition) is 7. The fraction of sp³-hybridized carbons (Fsp3) is 0.231. The fourth-order valence-electron chi connectivity index (χ4n) is 4.56. The highest BCUT2D eigenvalue weighted by Gasteiger charge is 2.40. The van der Waals surface area contributed by atoms with E-state index in [1.54, 1.807) is 10.8 Å². The first kappa shape index (κ1) is 23.4.